The number of amides is 1. The van der Waals surface area contributed by atoms with E-state index in [1.54, 1.807) is 0 Å². The first-order valence-electron chi connectivity index (χ1n) is 13.2. The molecule has 1 fully saturated rings. The Balaban J connectivity index is 1.40. The van der Waals surface area contributed by atoms with Gasteiger partial charge in [-0.2, -0.15) is 0 Å². The molecule has 0 aromatic heterocycles. The number of carbonyl (C=O) groups excluding carboxylic acids is 1. The van der Waals surface area contributed by atoms with Crippen LogP contribution in [0.4, 0.5) is 11.4 Å². The first-order valence-corrected chi connectivity index (χ1v) is 13.2. The highest BCUT2D eigenvalue weighted by atomic mass is 16.7. The van der Waals surface area contributed by atoms with Crippen LogP contribution in [0.15, 0.2) is 30.3 Å². The summed E-state index contributed by atoms with van der Waals surface area (Å²) in [7, 11) is 0. The molecule has 1 saturated carbocycles. The summed E-state index contributed by atoms with van der Waals surface area (Å²) in [5, 5.41) is 27.4. The van der Waals surface area contributed by atoms with Gasteiger partial charge in [0.1, 0.15) is 18.1 Å². The molecule has 0 spiro atoms. The molecule has 3 atom stereocenters. The van der Waals surface area contributed by atoms with Crippen molar-refractivity contribution in [2.75, 3.05) is 18.7 Å². The quantitative estimate of drug-likeness (QED) is 0.294. The number of nitro benzene ring substituents is 1. The predicted octanol–water partition coefficient (Wildman–Crippen LogP) is 4.87. The zero-order valence-corrected chi connectivity index (χ0v) is 22.2. The molecule has 4 rings (SSSR count). The monoisotopic (exact) mass is 527 g/mol. The van der Waals surface area contributed by atoms with Gasteiger partial charge in [-0.05, 0) is 42.4 Å². The fraction of sp³-hybridized carbons (Fsp3) is 0.536. The SMILES string of the molecule is CC(C)C1C(C)CCCC1OCC(=O)NCc1cc(NCc2cc([N+](=O)[O-])ccc2O)cc2c1OCOC2. The fourth-order valence-corrected chi connectivity index (χ4v) is 5.66. The number of fused-ring (bicyclic) bond motifs is 1. The highest BCUT2D eigenvalue weighted by Crippen LogP contribution is 2.37. The van der Waals surface area contributed by atoms with Gasteiger partial charge in [0, 0.05) is 47.6 Å². The number of anilines is 1. The maximum absolute atomic E-state index is 12.7. The summed E-state index contributed by atoms with van der Waals surface area (Å²) >= 11 is 0. The number of benzene rings is 2. The van der Waals surface area contributed by atoms with Crippen LogP contribution < -0.4 is 15.4 Å². The Kier molecular flexibility index (Phi) is 9.06. The molecule has 10 nitrogen and oxygen atoms in total. The molecule has 3 unspecified atom stereocenters. The molecule has 2 aliphatic rings. The summed E-state index contributed by atoms with van der Waals surface area (Å²) in [5.41, 5.74) is 2.60. The molecule has 38 heavy (non-hydrogen) atoms. The Morgan fingerprint density at radius 3 is 2.79 bits per heavy atom. The molecule has 0 radical (unpaired) electrons. The third kappa shape index (κ3) is 6.73. The Labute approximate surface area is 222 Å². The second-order valence-electron chi connectivity index (χ2n) is 10.5. The second-order valence-corrected chi connectivity index (χ2v) is 10.5. The van der Waals surface area contributed by atoms with Crippen molar-refractivity contribution in [3.63, 3.8) is 0 Å². The Morgan fingerprint density at radius 2 is 2.03 bits per heavy atom. The third-order valence-corrected chi connectivity index (χ3v) is 7.45. The predicted molar refractivity (Wildman–Crippen MR) is 142 cm³/mol. The van der Waals surface area contributed by atoms with Crippen molar-refractivity contribution >= 4 is 17.3 Å². The minimum Gasteiger partial charge on any atom is -0.508 e. The number of phenols is 1. The summed E-state index contributed by atoms with van der Waals surface area (Å²) in [5.74, 6) is 1.98. The fourth-order valence-electron chi connectivity index (χ4n) is 5.66. The Bertz CT molecular complexity index is 1150. The van der Waals surface area contributed by atoms with Crippen LogP contribution in [0.3, 0.4) is 0 Å². The van der Waals surface area contributed by atoms with Gasteiger partial charge in [-0.3, -0.25) is 14.9 Å². The highest BCUT2D eigenvalue weighted by Gasteiger charge is 2.33. The molecule has 1 heterocycles. The molecule has 0 bridgehead atoms. The van der Waals surface area contributed by atoms with Crippen LogP contribution in [-0.4, -0.2) is 35.4 Å². The lowest BCUT2D eigenvalue weighted by Gasteiger charge is -2.38. The molecule has 0 saturated heterocycles. The van der Waals surface area contributed by atoms with E-state index < -0.39 is 4.92 Å². The van der Waals surface area contributed by atoms with Gasteiger partial charge >= 0.3 is 0 Å². The van der Waals surface area contributed by atoms with Crippen LogP contribution in [0.5, 0.6) is 11.5 Å². The van der Waals surface area contributed by atoms with Crippen LogP contribution in [0, 0.1) is 27.9 Å². The van der Waals surface area contributed by atoms with Gasteiger partial charge in [-0.1, -0.05) is 33.6 Å². The molecule has 3 N–H and O–H groups in total. The van der Waals surface area contributed by atoms with Gasteiger partial charge in [0.05, 0.1) is 17.6 Å². The van der Waals surface area contributed by atoms with Gasteiger partial charge in [0.2, 0.25) is 5.91 Å². The van der Waals surface area contributed by atoms with Crippen molar-refractivity contribution in [2.24, 2.45) is 17.8 Å². The van der Waals surface area contributed by atoms with Crippen molar-refractivity contribution in [3.05, 3.63) is 57.1 Å². The van der Waals surface area contributed by atoms with E-state index in [9.17, 15) is 20.0 Å². The molecule has 1 amide bonds. The van der Waals surface area contributed by atoms with Gasteiger partial charge in [-0.15, -0.1) is 0 Å². The normalized spacial score (nSPS) is 20.9. The molecule has 2 aromatic rings. The molecular weight excluding hydrogens is 490 g/mol. The van der Waals surface area contributed by atoms with E-state index in [4.69, 9.17) is 14.2 Å². The maximum atomic E-state index is 12.7. The van der Waals surface area contributed by atoms with Crippen molar-refractivity contribution in [3.8, 4) is 11.5 Å². The topological polar surface area (TPSA) is 132 Å². The number of carbonyl (C=O) groups is 1. The molecule has 10 heteroatoms. The number of rotatable bonds is 10. The van der Waals surface area contributed by atoms with Crippen molar-refractivity contribution in [2.45, 2.75) is 65.8 Å². The number of nitrogens with zero attached hydrogens (tertiary/aromatic N) is 1. The number of non-ortho nitro benzene ring substituents is 1. The van der Waals surface area contributed by atoms with Gasteiger partial charge in [0.25, 0.3) is 5.69 Å². The summed E-state index contributed by atoms with van der Waals surface area (Å²) in [6.07, 6.45) is 3.40. The average molecular weight is 528 g/mol. The second kappa shape index (κ2) is 12.4. The van der Waals surface area contributed by atoms with Gasteiger partial charge in [0.15, 0.2) is 6.79 Å². The van der Waals surface area contributed by atoms with E-state index in [0.29, 0.717) is 41.4 Å². The van der Waals surface area contributed by atoms with Crippen molar-refractivity contribution < 1.29 is 29.0 Å². The number of phenolic OH excluding ortho intramolecular Hbond substituents is 1. The largest absolute Gasteiger partial charge is 0.508 e. The van der Waals surface area contributed by atoms with Gasteiger partial charge in [-0.25, -0.2) is 0 Å². The first kappa shape index (κ1) is 27.7. The number of aromatic hydroxyl groups is 1. The number of nitrogens with one attached hydrogen (secondary N) is 2. The lowest BCUT2D eigenvalue weighted by Crippen LogP contribution is -2.39. The Morgan fingerprint density at radius 1 is 1.21 bits per heavy atom. The van der Waals surface area contributed by atoms with Crippen LogP contribution >= 0.6 is 0 Å². The number of hydrogen-bond donors (Lipinski definition) is 3. The van der Waals surface area contributed by atoms with Crippen molar-refractivity contribution in [1.29, 1.82) is 0 Å². The number of ether oxygens (including phenoxy) is 3. The maximum Gasteiger partial charge on any atom is 0.270 e. The molecule has 1 aliphatic carbocycles. The van der Waals surface area contributed by atoms with Crippen LogP contribution in [0.2, 0.25) is 0 Å². The first-order chi connectivity index (χ1) is 18.2. The molecular formula is C28H37N3O7. The minimum atomic E-state index is -0.501. The Hall–Kier alpha value is -3.37. The standard InChI is InChI=1S/C28H37N3O7/c1-17(2)27-18(3)5-4-6-25(27)37-15-26(33)30-13-20-9-22(10-21-14-36-16-38-28(20)21)29-12-19-11-23(31(34)35)7-8-24(19)32/h7-11,17-18,25,27,29,32H,4-6,12-16H2,1-3H3,(H,30,33). The number of nitro groups is 1. The molecule has 2 aromatic carbocycles. The lowest BCUT2D eigenvalue weighted by molar-refractivity contribution is -0.384. The minimum absolute atomic E-state index is 0.0107. The molecule has 206 valence electrons. The van der Waals surface area contributed by atoms with E-state index in [2.05, 4.69) is 31.4 Å². The third-order valence-electron chi connectivity index (χ3n) is 7.45. The van der Waals surface area contributed by atoms with E-state index >= 15 is 0 Å². The summed E-state index contributed by atoms with van der Waals surface area (Å²) in [6.45, 7) is 7.62. The zero-order valence-electron chi connectivity index (χ0n) is 22.2. The van der Waals surface area contributed by atoms with Crippen LogP contribution in [0.25, 0.3) is 0 Å². The number of hydrogen-bond acceptors (Lipinski definition) is 8. The molecule has 1 aliphatic heterocycles. The van der Waals surface area contributed by atoms with Crippen LogP contribution in [-0.2, 0) is 34.0 Å². The average Bonchev–Trinajstić information content (AvgIpc) is 2.89. The highest BCUT2D eigenvalue weighted by molar-refractivity contribution is 5.77. The van der Waals surface area contributed by atoms with E-state index in [1.807, 2.05) is 12.1 Å². The summed E-state index contributed by atoms with van der Waals surface area (Å²) in [4.78, 5) is 23.3. The van der Waals surface area contributed by atoms with E-state index in [1.165, 1.54) is 24.6 Å². The van der Waals surface area contributed by atoms with Gasteiger partial charge < -0.3 is 30.0 Å². The zero-order chi connectivity index (χ0) is 27.2. The van der Waals surface area contributed by atoms with Crippen LogP contribution in [0.1, 0.15) is 56.7 Å². The summed E-state index contributed by atoms with van der Waals surface area (Å²) in [6, 6.07) is 7.63. The van der Waals surface area contributed by atoms with E-state index in [0.717, 1.165) is 24.0 Å². The lowest BCUT2D eigenvalue weighted by atomic mass is 9.72. The van der Waals surface area contributed by atoms with E-state index in [-0.39, 0.29) is 49.9 Å². The summed E-state index contributed by atoms with van der Waals surface area (Å²) < 4.78 is 17.2. The smallest absolute Gasteiger partial charge is 0.270 e. The van der Waals surface area contributed by atoms with Crippen molar-refractivity contribution in [1.82, 2.24) is 5.32 Å².